The SMILES string of the molecule is COc1ccccc1C(=O)N1CCN(S(=O)(=O)c2c(C)n[nH]c2C)CC1. The Morgan fingerprint density at radius 3 is 2.38 bits per heavy atom. The molecular weight excluding hydrogens is 356 g/mol. The molecule has 0 unspecified atom stereocenters. The number of ether oxygens (including phenoxy) is 1. The van der Waals surface area contributed by atoms with Crippen LogP contribution >= 0.6 is 0 Å². The second-order valence-corrected chi connectivity index (χ2v) is 8.03. The Balaban J connectivity index is 1.74. The van der Waals surface area contributed by atoms with Gasteiger partial charge in [0.1, 0.15) is 10.6 Å². The van der Waals surface area contributed by atoms with Gasteiger partial charge in [0.2, 0.25) is 10.0 Å². The summed E-state index contributed by atoms with van der Waals surface area (Å²) < 4.78 is 32.4. The molecule has 140 valence electrons. The minimum absolute atomic E-state index is 0.157. The maximum Gasteiger partial charge on any atom is 0.257 e. The average molecular weight is 378 g/mol. The third-order valence-electron chi connectivity index (χ3n) is 4.52. The van der Waals surface area contributed by atoms with Gasteiger partial charge in [0.05, 0.1) is 24.1 Å². The zero-order valence-corrected chi connectivity index (χ0v) is 15.8. The van der Waals surface area contributed by atoms with Crippen LogP contribution in [-0.4, -0.2) is 67.0 Å². The molecule has 0 saturated carbocycles. The zero-order valence-electron chi connectivity index (χ0n) is 15.0. The lowest BCUT2D eigenvalue weighted by atomic mass is 10.1. The summed E-state index contributed by atoms with van der Waals surface area (Å²) in [6.45, 7) is 4.49. The topological polar surface area (TPSA) is 95.6 Å². The van der Waals surface area contributed by atoms with Gasteiger partial charge in [0, 0.05) is 26.2 Å². The first kappa shape index (κ1) is 18.4. The van der Waals surface area contributed by atoms with Gasteiger partial charge in [0.25, 0.3) is 5.91 Å². The molecule has 3 rings (SSSR count). The highest BCUT2D eigenvalue weighted by atomic mass is 32.2. The number of sulfonamides is 1. The highest BCUT2D eigenvalue weighted by molar-refractivity contribution is 7.89. The smallest absolute Gasteiger partial charge is 0.257 e. The maximum absolute atomic E-state index is 12.9. The molecule has 9 heteroatoms. The van der Waals surface area contributed by atoms with Crippen LogP contribution in [0.3, 0.4) is 0 Å². The van der Waals surface area contributed by atoms with E-state index in [2.05, 4.69) is 10.2 Å². The molecule has 1 aromatic heterocycles. The molecule has 1 fully saturated rings. The van der Waals surface area contributed by atoms with Crippen molar-refractivity contribution < 1.29 is 17.9 Å². The number of hydrogen-bond donors (Lipinski definition) is 1. The van der Waals surface area contributed by atoms with E-state index in [4.69, 9.17) is 4.74 Å². The third kappa shape index (κ3) is 3.19. The van der Waals surface area contributed by atoms with Gasteiger partial charge >= 0.3 is 0 Å². The molecule has 8 nitrogen and oxygen atoms in total. The van der Waals surface area contributed by atoms with Gasteiger partial charge in [-0.2, -0.15) is 9.40 Å². The monoisotopic (exact) mass is 378 g/mol. The number of carbonyl (C=O) groups is 1. The number of methoxy groups -OCH3 is 1. The first-order chi connectivity index (χ1) is 12.4. The average Bonchev–Trinajstić information content (AvgIpc) is 3.00. The van der Waals surface area contributed by atoms with Gasteiger partial charge in [-0.15, -0.1) is 0 Å². The molecule has 1 aliphatic rings. The van der Waals surface area contributed by atoms with Gasteiger partial charge in [-0.05, 0) is 26.0 Å². The third-order valence-corrected chi connectivity index (χ3v) is 6.68. The predicted octanol–water partition coefficient (Wildman–Crippen LogP) is 1.18. The van der Waals surface area contributed by atoms with Gasteiger partial charge in [-0.25, -0.2) is 8.42 Å². The second-order valence-electron chi connectivity index (χ2n) is 6.16. The molecule has 26 heavy (non-hydrogen) atoms. The fourth-order valence-corrected chi connectivity index (χ4v) is 4.93. The first-order valence-corrected chi connectivity index (χ1v) is 9.74. The van der Waals surface area contributed by atoms with Crippen molar-refractivity contribution in [1.29, 1.82) is 0 Å². The second kappa shape index (κ2) is 7.08. The van der Waals surface area contributed by atoms with Gasteiger partial charge in [-0.3, -0.25) is 9.89 Å². The quantitative estimate of drug-likeness (QED) is 0.862. The summed E-state index contributed by atoms with van der Waals surface area (Å²) in [6.07, 6.45) is 0. The van der Waals surface area contributed by atoms with Crippen LogP contribution in [0.5, 0.6) is 5.75 Å². The van der Waals surface area contributed by atoms with Gasteiger partial charge < -0.3 is 9.64 Å². The molecule has 1 aromatic carbocycles. The minimum atomic E-state index is -3.63. The Morgan fingerprint density at radius 1 is 1.15 bits per heavy atom. The standard InChI is InChI=1S/C17H22N4O4S/c1-12-16(13(2)19-18-12)26(23,24)21-10-8-20(9-11-21)17(22)14-6-4-5-7-15(14)25-3/h4-7H,8-11H2,1-3H3,(H,18,19). The first-order valence-electron chi connectivity index (χ1n) is 8.30. The molecule has 0 spiro atoms. The Labute approximate surface area is 152 Å². The molecule has 1 N–H and O–H groups in total. The summed E-state index contributed by atoms with van der Waals surface area (Å²) >= 11 is 0. The lowest BCUT2D eigenvalue weighted by Gasteiger charge is -2.34. The number of aryl methyl sites for hydroxylation is 2. The molecule has 0 aliphatic carbocycles. The van der Waals surface area contributed by atoms with Crippen molar-refractivity contribution in [2.45, 2.75) is 18.7 Å². The lowest BCUT2D eigenvalue weighted by molar-refractivity contribution is 0.0694. The van der Waals surface area contributed by atoms with Crippen molar-refractivity contribution in [2.24, 2.45) is 0 Å². The van der Waals surface area contributed by atoms with Crippen LogP contribution in [0.15, 0.2) is 29.2 Å². The van der Waals surface area contributed by atoms with Crippen LogP contribution in [0.25, 0.3) is 0 Å². The maximum atomic E-state index is 12.9. The molecule has 0 atom stereocenters. The summed E-state index contributed by atoms with van der Waals surface area (Å²) in [7, 11) is -2.11. The summed E-state index contributed by atoms with van der Waals surface area (Å²) in [5.74, 6) is 0.354. The summed E-state index contributed by atoms with van der Waals surface area (Å²) in [5.41, 5.74) is 1.46. The van der Waals surface area contributed by atoms with Crippen LogP contribution in [-0.2, 0) is 10.0 Å². The number of rotatable bonds is 4. The van der Waals surface area contributed by atoms with Gasteiger partial charge in [-0.1, -0.05) is 12.1 Å². The van der Waals surface area contributed by atoms with E-state index in [1.165, 1.54) is 11.4 Å². The van der Waals surface area contributed by atoms with E-state index in [1.54, 1.807) is 43.0 Å². The van der Waals surface area contributed by atoms with Crippen LogP contribution < -0.4 is 4.74 Å². The number of nitrogens with one attached hydrogen (secondary N) is 1. The molecule has 0 bridgehead atoms. The molecule has 1 saturated heterocycles. The Hall–Kier alpha value is -2.39. The number of piperazine rings is 1. The molecule has 1 aliphatic heterocycles. The number of aromatic amines is 1. The Morgan fingerprint density at radius 2 is 1.81 bits per heavy atom. The van der Waals surface area contributed by atoms with E-state index >= 15 is 0 Å². The van der Waals surface area contributed by atoms with E-state index < -0.39 is 10.0 Å². The summed E-state index contributed by atoms with van der Waals surface area (Å²) in [6, 6.07) is 7.03. The van der Waals surface area contributed by atoms with Crippen molar-refractivity contribution in [3.8, 4) is 5.75 Å². The van der Waals surface area contributed by atoms with Crippen molar-refractivity contribution >= 4 is 15.9 Å². The Bertz CT molecular complexity index is 895. The number of H-pyrrole nitrogens is 1. The lowest BCUT2D eigenvalue weighted by Crippen LogP contribution is -2.50. The van der Waals surface area contributed by atoms with E-state index in [0.717, 1.165) is 0 Å². The van der Waals surface area contributed by atoms with Crippen LogP contribution in [0.4, 0.5) is 0 Å². The molecular formula is C17H22N4O4S. The number of nitrogens with zero attached hydrogens (tertiary/aromatic N) is 3. The van der Waals surface area contributed by atoms with Crippen molar-refractivity contribution in [2.75, 3.05) is 33.3 Å². The highest BCUT2D eigenvalue weighted by Crippen LogP contribution is 2.24. The summed E-state index contributed by atoms with van der Waals surface area (Å²) in [5, 5.41) is 6.68. The fraction of sp³-hybridized carbons (Fsp3) is 0.412. The fourth-order valence-electron chi connectivity index (χ4n) is 3.17. The zero-order chi connectivity index (χ0) is 18.9. The highest BCUT2D eigenvalue weighted by Gasteiger charge is 2.33. The molecule has 1 amide bonds. The molecule has 2 aromatic rings. The summed E-state index contributed by atoms with van der Waals surface area (Å²) in [4.78, 5) is 14.6. The van der Waals surface area contributed by atoms with Crippen molar-refractivity contribution in [3.05, 3.63) is 41.2 Å². The molecule has 0 radical (unpaired) electrons. The van der Waals surface area contributed by atoms with Crippen LogP contribution in [0.1, 0.15) is 21.7 Å². The number of amides is 1. The van der Waals surface area contributed by atoms with Crippen LogP contribution in [0, 0.1) is 13.8 Å². The van der Waals surface area contributed by atoms with Gasteiger partial charge in [0.15, 0.2) is 0 Å². The number of para-hydroxylation sites is 1. The number of hydrogen-bond acceptors (Lipinski definition) is 5. The van der Waals surface area contributed by atoms with E-state index in [0.29, 0.717) is 35.8 Å². The number of carbonyl (C=O) groups excluding carboxylic acids is 1. The van der Waals surface area contributed by atoms with E-state index in [1.807, 2.05) is 0 Å². The number of benzene rings is 1. The van der Waals surface area contributed by atoms with E-state index in [9.17, 15) is 13.2 Å². The largest absolute Gasteiger partial charge is 0.496 e. The Kier molecular flexibility index (Phi) is 5.01. The predicted molar refractivity (Wildman–Crippen MR) is 95.7 cm³/mol. The normalized spacial score (nSPS) is 15.9. The molecule has 2 heterocycles. The van der Waals surface area contributed by atoms with E-state index in [-0.39, 0.29) is 23.9 Å². The van der Waals surface area contributed by atoms with Crippen molar-refractivity contribution in [1.82, 2.24) is 19.4 Å². The minimum Gasteiger partial charge on any atom is -0.496 e. The van der Waals surface area contributed by atoms with Crippen LogP contribution in [0.2, 0.25) is 0 Å². The number of aromatic nitrogens is 2. The van der Waals surface area contributed by atoms with Crippen molar-refractivity contribution in [3.63, 3.8) is 0 Å².